The molecule has 0 spiro atoms. The lowest BCUT2D eigenvalue weighted by molar-refractivity contribution is -0.0450. The van der Waals surface area contributed by atoms with Crippen molar-refractivity contribution in [2.75, 3.05) is 0 Å². The van der Waals surface area contributed by atoms with Crippen molar-refractivity contribution in [1.82, 2.24) is 4.72 Å². The number of alkyl halides is 3. The van der Waals surface area contributed by atoms with Crippen LogP contribution >= 0.6 is 0 Å². The second-order valence-electron chi connectivity index (χ2n) is 3.20. The van der Waals surface area contributed by atoms with Gasteiger partial charge in [0.15, 0.2) is 0 Å². The molecule has 1 aromatic carbocycles. The van der Waals surface area contributed by atoms with Crippen LogP contribution in [0.4, 0.5) is 13.2 Å². The maximum absolute atomic E-state index is 12.1. The molecule has 90 valence electrons. The Kier molecular flexibility index (Phi) is 3.59. The average Bonchev–Trinajstić information content (AvgIpc) is 2.16. The Labute approximate surface area is 91.3 Å². The molecule has 1 atom stereocenters. The van der Waals surface area contributed by atoms with E-state index < -0.39 is 21.6 Å². The molecule has 0 saturated heterocycles. The van der Waals surface area contributed by atoms with Crippen LogP contribution < -0.4 is 4.72 Å². The molecule has 0 aliphatic rings. The first-order chi connectivity index (χ1) is 7.24. The number of sulfonamides is 1. The number of benzene rings is 1. The molecule has 0 unspecified atom stereocenters. The topological polar surface area (TPSA) is 46.2 Å². The number of halogens is 3. The normalized spacial score (nSPS) is 14.8. The molecule has 16 heavy (non-hydrogen) atoms. The second kappa shape index (κ2) is 4.42. The van der Waals surface area contributed by atoms with E-state index in [1.54, 1.807) is 35.1 Å². The molecule has 0 aromatic heterocycles. The van der Waals surface area contributed by atoms with E-state index >= 15 is 0 Å². The van der Waals surface area contributed by atoms with Gasteiger partial charge in [-0.2, -0.15) is 13.2 Å². The monoisotopic (exact) mass is 253 g/mol. The highest BCUT2D eigenvalue weighted by molar-refractivity contribution is 7.90. The highest BCUT2D eigenvalue weighted by Gasteiger charge is 2.46. The van der Waals surface area contributed by atoms with Gasteiger partial charge in [-0.1, -0.05) is 30.3 Å². The fraction of sp³-hybridized carbons (Fsp3) is 0.333. The van der Waals surface area contributed by atoms with Crippen LogP contribution in [0.25, 0.3) is 0 Å². The lowest BCUT2D eigenvalue weighted by Crippen LogP contribution is -2.37. The lowest BCUT2D eigenvalue weighted by Gasteiger charge is -2.15. The standard InChI is InChI=1S/C9H10F3NO2S/c1-7(8-5-3-2-4-6-8)13-16(14,15)9(10,11)12/h2-7,13H,1H3/t7-/m0/s1. The van der Waals surface area contributed by atoms with Crippen molar-refractivity contribution in [2.45, 2.75) is 18.5 Å². The van der Waals surface area contributed by atoms with Crippen LogP contribution in [0.1, 0.15) is 18.5 Å². The summed E-state index contributed by atoms with van der Waals surface area (Å²) in [7, 11) is -5.30. The van der Waals surface area contributed by atoms with E-state index in [1.807, 2.05) is 0 Å². The van der Waals surface area contributed by atoms with Gasteiger partial charge in [0.05, 0.1) is 0 Å². The lowest BCUT2D eigenvalue weighted by atomic mass is 10.1. The largest absolute Gasteiger partial charge is 0.511 e. The molecule has 0 aliphatic carbocycles. The van der Waals surface area contributed by atoms with Crippen LogP contribution in [-0.4, -0.2) is 13.9 Å². The zero-order valence-corrected chi connectivity index (χ0v) is 9.14. The van der Waals surface area contributed by atoms with Gasteiger partial charge in [0.25, 0.3) is 0 Å². The molecule has 0 amide bonds. The quantitative estimate of drug-likeness (QED) is 0.897. The van der Waals surface area contributed by atoms with Gasteiger partial charge in [0.1, 0.15) is 0 Å². The molecule has 3 nitrogen and oxygen atoms in total. The number of rotatable bonds is 3. The fourth-order valence-corrected chi connectivity index (χ4v) is 1.84. The Bertz CT molecular complexity index is 442. The summed E-state index contributed by atoms with van der Waals surface area (Å²) < 4.78 is 59.3. The van der Waals surface area contributed by atoms with Gasteiger partial charge < -0.3 is 0 Å². The second-order valence-corrected chi connectivity index (χ2v) is 4.90. The van der Waals surface area contributed by atoms with Gasteiger partial charge in [-0.3, -0.25) is 0 Å². The molecule has 0 fully saturated rings. The van der Waals surface area contributed by atoms with E-state index in [1.165, 1.54) is 6.92 Å². The average molecular weight is 253 g/mol. The fourth-order valence-electron chi connectivity index (χ4n) is 1.11. The molecule has 0 radical (unpaired) electrons. The third-order valence-electron chi connectivity index (χ3n) is 1.94. The van der Waals surface area contributed by atoms with Crippen molar-refractivity contribution >= 4 is 10.0 Å². The van der Waals surface area contributed by atoms with Gasteiger partial charge in [-0.25, -0.2) is 13.1 Å². The molecule has 1 aromatic rings. The summed E-state index contributed by atoms with van der Waals surface area (Å²) in [5.74, 6) is 0. The maximum atomic E-state index is 12.1. The third-order valence-corrected chi connectivity index (χ3v) is 3.21. The number of nitrogens with one attached hydrogen (secondary N) is 1. The molecule has 1 N–H and O–H groups in total. The van der Waals surface area contributed by atoms with Crippen molar-refractivity contribution in [3.05, 3.63) is 35.9 Å². The van der Waals surface area contributed by atoms with Crippen LogP contribution in [-0.2, 0) is 10.0 Å². The van der Waals surface area contributed by atoms with Crippen molar-refractivity contribution in [1.29, 1.82) is 0 Å². The first-order valence-electron chi connectivity index (χ1n) is 4.37. The molecule has 0 heterocycles. The van der Waals surface area contributed by atoms with Crippen molar-refractivity contribution in [2.24, 2.45) is 0 Å². The summed E-state index contributed by atoms with van der Waals surface area (Å²) in [4.78, 5) is 0. The molecule has 0 aliphatic heterocycles. The first kappa shape index (κ1) is 13.0. The van der Waals surface area contributed by atoms with Crippen LogP contribution in [0.3, 0.4) is 0 Å². The predicted octanol–water partition coefficient (Wildman–Crippen LogP) is 2.19. The summed E-state index contributed by atoms with van der Waals surface area (Å²) in [6.07, 6.45) is 0. The Balaban J connectivity index is 2.85. The highest BCUT2D eigenvalue weighted by Crippen LogP contribution is 2.24. The zero-order chi connectivity index (χ0) is 12.4. The van der Waals surface area contributed by atoms with E-state index in [0.717, 1.165) is 0 Å². The number of hydrogen-bond donors (Lipinski definition) is 1. The van der Waals surface area contributed by atoms with Gasteiger partial charge in [-0.05, 0) is 12.5 Å². The Morgan fingerprint density at radius 2 is 1.69 bits per heavy atom. The van der Waals surface area contributed by atoms with Crippen molar-refractivity contribution < 1.29 is 21.6 Å². The SMILES string of the molecule is C[C@H](NS(=O)(=O)C(F)(F)F)c1ccccc1. The minimum Gasteiger partial charge on any atom is -0.203 e. The minimum absolute atomic E-state index is 0.468. The van der Waals surface area contributed by atoms with Crippen LogP contribution in [0.15, 0.2) is 30.3 Å². The van der Waals surface area contributed by atoms with E-state index in [2.05, 4.69) is 0 Å². The predicted molar refractivity (Wildman–Crippen MR) is 53.0 cm³/mol. The molecule has 7 heteroatoms. The Morgan fingerprint density at radius 1 is 1.19 bits per heavy atom. The third kappa shape index (κ3) is 2.96. The van der Waals surface area contributed by atoms with Gasteiger partial charge in [0, 0.05) is 6.04 Å². The van der Waals surface area contributed by atoms with Gasteiger partial charge >= 0.3 is 15.5 Å². The van der Waals surface area contributed by atoms with Crippen LogP contribution in [0.5, 0.6) is 0 Å². The minimum atomic E-state index is -5.30. The Morgan fingerprint density at radius 3 is 2.12 bits per heavy atom. The molecular formula is C9H10F3NO2S. The first-order valence-corrected chi connectivity index (χ1v) is 5.86. The highest BCUT2D eigenvalue weighted by atomic mass is 32.2. The van der Waals surface area contributed by atoms with Crippen LogP contribution in [0, 0.1) is 0 Å². The van der Waals surface area contributed by atoms with E-state index in [0.29, 0.717) is 5.56 Å². The summed E-state index contributed by atoms with van der Waals surface area (Å²) in [5, 5.41) is 0. The maximum Gasteiger partial charge on any atom is 0.511 e. The summed E-state index contributed by atoms with van der Waals surface area (Å²) in [5.41, 5.74) is -4.81. The molecule has 0 bridgehead atoms. The smallest absolute Gasteiger partial charge is 0.203 e. The molecule has 1 rings (SSSR count). The van der Waals surface area contributed by atoms with Crippen molar-refractivity contribution in [3.8, 4) is 0 Å². The zero-order valence-electron chi connectivity index (χ0n) is 8.32. The summed E-state index contributed by atoms with van der Waals surface area (Å²) in [6.45, 7) is 1.35. The molecule has 0 saturated carbocycles. The van der Waals surface area contributed by atoms with Gasteiger partial charge in [-0.15, -0.1) is 0 Å². The van der Waals surface area contributed by atoms with Gasteiger partial charge in [0.2, 0.25) is 0 Å². The van der Waals surface area contributed by atoms with E-state index in [-0.39, 0.29) is 0 Å². The van der Waals surface area contributed by atoms with Crippen LogP contribution in [0.2, 0.25) is 0 Å². The van der Waals surface area contributed by atoms with Crippen molar-refractivity contribution in [3.63, 3.8) is 0 Å². The summed E-state index contributed by atoms with van der Waals surface area (Å²) >= 11 is 0. The van der Waals surface area contributed by atoms with E-state index in [4.69, 9.17) is 0 Å². The number of hydrogen-bond acceptors (Lipinski definition) is 2. The molecular weight excluding hydrogens is 243 g/mol. The van der Waals surface area contributed by atoms with E-state index in [9.17, 15) is 21.6 Å². The summed E-state index contributed by atoms with van der Waals surface area (Å²) in [6, 6.07) is 7.09. The Hall–Kier alpha value is -1.08.